The average molecular weight is 245 g/mol. The third-order valence-electron chi connectivity index (χ3n) is 2.03. The fourth-order valence-electron chi connectivity index (χ4n) is 1.26. The van der Waals surface area contributed by atoms with Crippen molar-refractivity contribution in [2.24, 2.45) is 0 Å². The van der Waals surface area contributed by atoms with Crippen molar-refractivity contribution in [1.82, 2.24) is 0 Å². The smallest absolute Gasteiger partial charge is 0.0697 e. The van der Waals surface area contributed by atoms with Crippen LogP contribution in [0.5, 0.6) is 0 Å². The molecule has 1 rings (SSSR count). The molecular weight excluding hydrogens is 228 g/mol. The molecule has 90 valence electrons. The maximum Gasteiger partial charge on any atom is 0.0697 e. The summed E-state index contributed by atoms with van der Waals surface area (Å²) in [7, 11) is 0. The minimum Gasteiger partial charge on any atom is -0.397 e. The Labute approximate surface area is 100 Å². The lowest BCUT2D eigenvalue weighted by atomic mass is 10.2. The zero-order valence-electron chi connectivity index (χ0n) is 9.08. The highest BCUT2D eigenvalue weighted by molar-refractivity contribution is 6.31. The molecule has 0 bridgehead atoms. The molecule has 0 radical (unpaired) electrons. The lowest BCUT2D eigenvalue weighted by molar-refractivity contribution is 0.0922. The van der Waals surface area contributed by atoms with Gasteiger partial charge in [-0.25, -0.2) is 0 Å². The molecule has 5 heteroatoms. The number of nitrogen functional groups attached to an aromatic ring is 1. The molecule has 0 spiro atoms. The molecule has 0 aromatic heterocycles. The Morgan fingerprint density at radius 2 is 2.19 bits per heavy atom. The van der Waals surface area contributed by atoms with Gasteiger partial charge < -0.3 is 20.9 Å². The number of anilines is 2. The Kier molecular flexibility index (Phi) is 6.00. The van der Waals surface area contributed by atoms with Crippen LogP contribution in [0.1, 0.15) is 6.42 Å². The van der Waals surface area contributed by atoms with E-state index < -0.39 is 0 Å². The molecule has 0 aliphatic rings. The van der Waals surface area contributed by atoms with E-state index in [-0.39, 0.29) is 6.61 Å². The summed E-state index contributed by atoms with van der Waals surface area (Å²) in [5.74, 6) is 0. The van der Waals surface area contributed by atoms with Crippen LogP contribution in [0.4, 0.5) is 11.4 Å². The Bertz CT molecular complexity index is 321. The van der Waals surface area contributed by atoms with Crippen LogP contribution in [0.2, 0.25) is 5.02 Å². The predicted octanol–water partition coefficient (Wildman–Crippen LogP) is 1.73. The number of hydrogen-bond donors (Lipinski definition) is 3. The molecule has 1 aromatic rings. The maximum atomic E-state index is 8.49. The second-order valence-corrected chi connectivity index (χ2v) is 3.78. The Balaban J connectivity index is 2.21. The first kappa shape index (κ1) is 13.1. The van der Waals surface area contributed by atoms with Crippen LogP contribution in [0.3, 0.4) is 0 Å². The van der Waals surface area contributed by atoms with Gasteiger partial charge in [0.05, 0.1) is 24.6 Å². The van der Waals surface area contributed by atoms with Gasteiger partial charge in [-0.15, -0.1) is 0 Å². The first-order valence-electron chi connectivity index (χ1n) is 5.21. The zero-order valence-corrected chi connectivity index (χ0v) is 9.83. The second-order valence-electron chi connectivity index (χ2n) is 3.35. The van der Waals surface area contributed by atoms with Gasteiger partial charge >= 0.3 is 0 Å². The highest BCUT2D eigenvalue weighted by Crippen LogP contribution is 2.22. The SMILES string of the molecule is Nc1cc(Cl)ccc1NCCCOCCO. The van der Waals surface area contributed by atoms with Gasteiger partial charge in [0.2, 0.25) is 0 Å². The largest absolute Gasteiger partial charge is 0.397 e. The molecule has 16 heavy (non-hydrogen) atoms. The van der Waals surface area contributed by atoms with Crippen LogP contribution in [0.15, 0.2) is 18.2 Å². The Morgan fingerprint density at radius 3 is 2.88 bits per heavy atom. The van der Waals surface area contributed by atoms with Crippen molar-refractivity contribution < 1.29 is 9.84 Å². The van der Waals surface area contributed by atoms with Crippen molar-refractivity contribution in [2.75, 3.05) is 37.4 Å². The molecule has 0 atom stereocenters. The summed E-state index contributed by atoms with van der Waals surface area (Å²) in [5, 5.41) is 12.3. The van der Waals surface area contributed by atoms with Gasteiger partial charge in [0.1, 0.15) is 0 Å². The molecular formula is C11H17ClN2O2. The molecule has 4 nitrogen and oxygen atoms in total. The number of nitrogens with one attached hydrogen (secondary N) is 1. The number of ether oxygens (including phenoxy) is 1. The first-order chi connectivity index (χ1) is 7.74. The normalized spacial score (nSPS) is 10.4. The van der Waals surface area contributed by atoms with Crippen LogP contribution in [-0.4, -0.2) is 31.5 Å². The fraction of sp³-hybridized carbons (Fsp3) is 0.455. The summed E-state index contributed by atoms with van der Waals surface area (Å²) in [6.45, 7) is 1.86. The van der Waals surface area contributed by atoms with E-state index in [2.05, 4.69) is 5.32 Å². The third kappa shape index (κ3) is 4.70. The third-order valence-corrected chi connectivity index (χ3v) is 2.27. The lowest BCUT2D eigenvalue weighted by Crippen LogP contribution is -2.08. The summed E-state index contributed by atoms with van der Waals surface area (Å²) in [4.78, 5) is 0. The standard InChI is InChI=1S/C11H17ClN2O2/c12-9-2-3-11(10(13)8-9)14-4-1-6-16-7-5-15/h2-3,8,14-15H,1,4-7,13H2. The van der Waals surface area contributed by atoms with E-state index in [0.717, 1.165) is 18.7 Å². The molecule has 0 saturated heterocycles. The van der Waals surface area contributed by atoms with Gasteiger partial charge in [-0.1, -0.05) is 11.6 Å². The van der Waals surface area contributed by atoms with Crippen molar-refractivity contribution in [3.05, 3.63) is 23.2 Å². The van der Waals surface area contributed by atoms with E-state index in [4.69, 9.17) is 27.2 Å². The summed E-state index contributed by atoms with van der Waals surface area (Å²) in [5.41, 5.74) is 7.30. The van der Waals surface area contributed by atoms with Crippen molar-refractivity contribution in [2.45, 2.75) is 6.42 Å². The number of nitrogens with two attached hydrogens (primary N) is 1. The molecule has 0 heterocycles. The molecule has 4 N–H and O–H groups in total. The molecule has 0 fully saturated rings. The summed E-state index contributed by atoms with van der Waals surface area (Å²) >= 11 is 5.78. The number of rotatable bonds is 7. The Morgan fingerprint density at radius 1 is 1.38 bits per heavy atom. The highest BCUT2D eigenvalue weighted by Gasteiger charge is 1.98. The van der Waals surface area contributed by atoms with Gasteiger partial charge in [-0.3, -0.25) is 0 Å². The zero-order chi connectivity index (χ0) is 11.8. The summed E-state index contributed by atoms with van der Waals surface area (Å²) in [6.07, 6.45) is 0.863. The van der Waals surface area contributed by atoms with E-state index in [1.54, 1.807) is 12.1 Å². The predicted molar refractivity (Wildman–Crippen MR) is 66.9 cm³/mol. The first-order valence-corrected chi connectivity index (χ1v) is 5.59. The van der Waals surface area contributed by atoms with E-state index in [1.165, 1.54) is 0 Å². The number of aliphatic hydroxyl groups excluding tert-OH is 1. The van der Waals surface area contributed by atoms with Crippen LogP contribution < -0.4 is 11.1 Å². The number of benzene rings is 1. The van der Waals surface area contributed by atoms with Gasteiger partial charge in [0.25, 0.3) is 0 Å². The van der Waals surface area contributed by atoms with Crippen LogP contribution in [-0.2, 0) is 4.74 Å². The van der Waals surface area contributed by atoms with E-state index in [0.29, 0.717) is 23.9 Å². The molecule has 1 aromatic carbocycles. The van der Waals surface area contributed by atoms with Crippen molar-refractivity contribution in [1.29, 1.82) is 0 Å². The van der Waals surface area contributed by atoms with Gasteiger partial charge in [-0.2, -0.15) is 0 Å². The van der Waals surface area contributed by atoms with Gasteiger partial charge in [0.15, 0.2) is 0 Å². The number of halogens is 1. The van der Waals surface area contributed by atoms with Crippen molar-refractivity contribution in [3.63, 3.8) is 0 Å². The lowest BCUT2D eigenvalue weighted by Gasteiger charge is -2.09. The quantitative estimate of drug-likeness (QED) is 0.505. The highest BCUT2D eigenvalue weighted by atomic mass is 35.5. The topological polar surface area (TPSA) is 67.5 Å². The average Bonchev–Trinajstić information content (AvgIpc) is 2.26. The van der Waals surface area contributed by atoms with Crippen molar-refractivity contribution >= 4 is 23.0 Å². The molecule has 0 saturated carbocycles. The summed E-state index contributed by atoms with van der Waals surface area (Å²) < 4.78 is 5.13. The van der Waals surface area contributed by atoms with Crippen LogP contribution >= 0.6 is 11.6 Å². The van der Waals surface area contributed by atoms with Crippen molar-refractivity contribution in [3.8, 4) is 0 Å². The molecule has 0 aliphatic heterocycles. The van der Waals surface area contributed by atoms with Crippen LogP contribution in [0, 0.1) is 0 Å². The monoisotopic (exact) mass is 244 g/mol. The molecule has 0 unspecified atom stereocenters. The van der Waals surface area contributed by atoms with E-state index in [9.17, 15) is 0 Å². The Hall–Kier alpha value is -0.970. The van der Waals surface area contributed by atoms with E-state index in [1.807, 2.05) is 6.07 Å². The number of hydrogen-bond acceptors (Lipinski definition) is 4. The maximum absolute atomic E-state index is 8.49. The summed E-state index contributed by atoms with van der Waals surface area (Å²) in [6, 6.07) is 5.36. The van der Waals surface area contributed by atoms with Gasteiger partial charge in [-0.05, 0) is 24.6 Å². The van der Waals surface area contributed by atoms with Crippen LogP contribution in [0.25, 0.3) is 0 Å². The van der Waals surface area contributed by atoms with Gasteiger partial charge in [0, 0.05) is 18.2 Å². The minimum atomic E-state index is 0.0670. The molecule has 0 amide bonds. The minimum absolute atomic E-state index is 0.0670. The molecule has 0 aliphatic carbocycles. The number of aliphatic hydroxyl groups is 1. The van der Waals surface area contributed by atoms with E-state index >= 15 is 0 Å². The fourth-order valence-corrected chi connectivity index (χ4v) is 1.44. The second kappa shape index (κ2) is 7.33.